The fraction of sp³-hybridized carbons (Fsp3) is 0.478. The molecule has 1 N–H and O–H groups in total. The summed E-state index contributed by atoms with van der Waals surface area (Å²) in [5.41, 5.74) is 5.32. The van der Waals surface area contributed by atoms with Gasteiger partial charge < -0.3 is 14.9 Å². The minimum Gasteiger partial charge on any atom is -0.490 e. The molecule has 2 aliphatic heterocycles. The summed E-state index contributed by atoms with van der Waals surface area (Å²) in [5.74, 6) is 2.23. The van der Waals surface area contributed by atoms with Gasteiger partial charge in [-0.1, -0.05) is 24.1 Å². The number of benzene rings is 1. The van der Waals surface area contributed by atoms with Gasteiger partial charge in [0.15, 0.2) is 11.5 Å². The van der Waals surface area contributed by atoms with Gasteiger partial charge in [-0.15, -0.1) is 0 Å². The van der Waals surface area contributed by atoms with Crippen molar-refractivity contribution in [2.45, 2.75) is 58.1 Å². The van der Waals surface area contributed by atoms with Crippen LogP contribution in [0, 0.1) is 0 Å². The van der Waals surface area contributed by atoms with Crippen molar-refractivity contribution in [3.63, 3.8) is 0 Å². The van der Waals surface area contributed by atoms with Crippen LogP contribution >= 0.6 is 23.2 Å². The van der Waals surface area contributed by atoms with Gasteiger partial charge in [-0.25, -0.2) is 9.99 Å². The molecule has 6 nitrogen and oxygen atoms in total. The van der Waals surface area contributed by atoms with Crippen LogP contribution in [0.4, 0.5) is 5.82 Å². The average Bonchev–Trinajstić information content (AvgIpc) is 2.69. The van der Waals surface area contributed by atoms with Crippen molar-refractivity contribution in [1.29, 1.82) is 0 Å². The van der Waals surface area contributed by atoms with E-state index >= 15 is 0 Å². The van der Waals surface area contributed by atoms with Crippen molar-refractivity contribution < 1.29 is 9.47 Å². The Bertz CT molecular complexity index is 960. The Hall–Kier alpha value is -2.02. The number of aromatic nitrogens is 2. The van der Waals surface area contributed by atoms with Crippen LogP contribution in [0.15, 0.2) is 24.3 Å². The Morgan fingerprint density at radius 3 is 2.84 bits per heavy atom. The number of nitrogens with one attached hydrogen (secondary N) is 1. The molecule has 1 aromatic heterocycles. The molecule has 31 heavy (non-hydrogen) atoms. The third-order valence-electron chi connectivity index (χ3n) is 5.50. The van der Waals surface area contributed by atoms with Gasteiger partial charge in [0.25, 0.3) is 0 Å². The molecule has 2 aliphatic rings. The lowest BCUT2D eigenvalue weighted by Gasteiger charge is -2.36. The second kappa shape index (κ2) is 9.23. The van der Waals surface area contributed by atoms with Crippen LogP contribution in [0.2, 0.25) is 10.4 Å². The molecule has 4 rings (SSSR count). The van der Waals surface area contributed by atoms with E-state index in [9.17, 15) is 0 Å². The maximum Gasteiger partial charge on any atom is 0.225 e. The Morgan fingerprint density at radius 1 is 1.23 bits per heavy atom. The number of hydrogen-bond acceptors (Lipinski definition) is 6. The molecule has 1 fully saturated rings. The Balaban J connectivity index is 1.57. The molecule has 0 bridgehead atoms. The topological polar surface area (TPSA) is 59.5 Å². The first-order valence-corrected chi connectivity index (χ1v) is 11.5. The molecule has 1 atom stereocenters. The Morgan fingerprint density at radius 2 is 2.06 bits per heavy atom. The summed E-state index contributed by atoms with van der Waals surface area (Å²) < 4.78 is 12.1. The van der Waals surface area contributed by atoms with E-state index in [0.29, 0.717) is 23.6 Å². The fourth-order valence-electron chi connectivity index (χ4n) is 4.11. The minimum atomic E-state index is -0.343. The Kier molecular flexibility index (Phi) is 6.60. The molecule has 1 saturated heterocycles. The van der Waals surface area contributed by atoms with Gasteiger partial charge >= 0.3 is 0 Å². The number of piperidine rings is 1. The molecular formula is C23H28Cl2N4O2. The van der Waals surface area contributed by atoms with Crippen molar-refractivity contribution >= 4 is 35.1 Å². The van der Waals surface area contributed by atoms with E-state index in [2.05, 4.69) is 44.7 Å². The lowest BCUT2D eigenvalue weighted by Crippen LogP contribution is -2.44. The first-order chi connectivity index (χ1) is 14.8. The van der Waals surface area contributed by atoms with E-state index in [1.165, 1.54) is 12.0 Å². The number of ether oxygens (including phenoxy) is 2. The number of anilines is 1. The summed E-state index contributed by atoms with van der Waals surface area (Å²) in [7, 11) is 0. The van der Waals surface area contributed by atoms with Gasteiger partial charge in [0, 0.05) is 24.2 Å². The van der Waals surface area contributed by atoms with Crippen LogP contribution in [0.25, 0.3) is 6.08 Å². The molecular weight excluding hydrogens is 435 g/mol. The average molecular weight is 463 g/mol. The Labute approximate surface area is 193 Å². The second-order valence-corrected chi connectivity index (χ2v) is 9.21. The van der Waals surface area contributed by atoms with Crippen molar-refractivity contribution in [3.05, 3.63) is 45.8 Å². The normalized spacial score (nSPS) is 20.1. The molecule has 3 heterocycles. The SMILES string of the molecule is CCOc1cc(CC2CCCCN2Nc2cc(Cl)nc(Cl)n2)cc2c1OC(C)(C)C=C2. The van der Waals surface area contributed by atoms with Crippen molar-refractivity contribution in [3.8, 4) is 11.5 Å². The summed E-state index contributed by atoms with van der Waals surface area (Å²) in [6.45, 7) is 7.61. The van der Waals surface area contributed by atoms with Crippen LogP contribution in [0.3, 0.4) is 0 Å². The van der Waals surface area contributed by atoms with Crippen LogP contribution in [-0.2, 0) is 6.42 Å². The quantitative estimate of drug-likeness (QED) is 0.432. The molecule has 2 aromatic rings. The van der Waals surface area contributed by atoms with E-state index in [0.717, 1.165) is 42.9 Å². The molecule has 0 radical (unpaired) electrons. The van der Waals surface area contributed by atoms with Crippen molar-refractivity contribution in [1.82, 2.24) is 15.0 Å². The van der Waals surface area contributed by atoms with Crippen LogP contribution in [-0.4, -0.2) is 39.8 Å². The molecule has 1 unspecified atom stereocenters. The van der Waals surface area contributed by atoms with Crippen LogP contribution in [0.1, 0.15) is 51.2 Å². The molecule has 0 saturated carbocycles. The number of hydrogen-bond donors (Lipinski definition) is 1. The molecule has 0 amide bonds. The second-order valence-electron chi connectivity index (χ2n) is 8.49. The standard InChI is InChI=1S/C23H28Cl2N4O2/c1-4-30-18-13-15(11-16-8-9-23(2,3)31-21(16)18)12-17-7-5-6-10-29(17)28-20-14-19(24)26-22(25)27-20/h8-9,11,13-14,17H,4-7,10,12H2,1-3H3,(H,26,27,28). The highest BCUT2D eigenvalue weighted by atomic mass is 35.5. The molecule has 8 heteroatoms. The maximum atomic E-state index is 6.20. The van der Waals surface area contributed by atoms with Crippen LogP contribution in [0.5, 0.6) is 11.5 Å². The number of hydrazine groups is 1. The van der Waals surface area contributed by atoms with E-state index in [4.69, 9.17) is 32.7 Å². The zero-order chi connectivity index (χ0) is 22.0. The van der Waals surface area contributed by atoms with Gasteiger partial charge in [-0.2, -0.15) is 4.98 Å². The maximum absolute atomic E-state index is 6.20. The highest BCUT2D eigenvalue weighted by Gasteiger charge is 2.27. The van der Waals surface area contributed by atoms with E-state index < -0.39 is 0 Å². The highest BCUT2D eigenvalue weighted by molar-refractivity contribution is 6.32. The zero-order valence-electron chi connectivity index (χ0n) is 18.1. The summed E-state index contributed by atoms with van der Waals surface area (Å²) in [5, 5.41) is 2.68. The van der Waals surface area contributed by atoms with Crippen molar-refractivity contribution in [2.75, 3.05) is 18.6 Å². The van der Waals surface area contributed by atoms with Crippen molar-refractivity contribution in [2.24, 2.45) is 0 Å². The highest BCUT2D eigenvalue weighted by Crippen LogP contribution is 2.40. The van der Waals surface area contributed by atoms with Crippen LogP contribution < -0.4 is 14.9 Å². The largest absolute Gasteiger partial charge is 0.490 e. The van der Waals surface area contributed by atoms with Gasteiger partial charge in [0.1, 0.15) is 16.6 Å². The van der Waals surface area contributed by atoms with Gasteiger partial charge in [0.2, 0.25) is 5.28 Å². The predicted octanol–water partition coefficient (Wildman–Crippen LogP) is 5.79. The molecule has 1 aromatic carbocycles. The first kappa shape index (κ1) is 22.2. The third kappa shape index (κ3) is 5.43. The number of nitrogens with zero attached hydrogens (tertiary/aromatic N) is 3. The molecule has 0 spiro atoms. The van der Waals surface area contributed by atoms with E-state index in [1.54, 1.807) is 6.07 Å². The summed E-state index contributed by atoms with van der Waals surface area (Å²) >= 11 is 12.0. The zero-order valence-corrected chi connectivity index (χ0v) is 19.6. The predicted molar refractivity (Wildman–Crippen MR) is 125 cm³/mol. The number of rotatable bonds is 6. The number of halogens is 2. The van der Waals surface area contributed by atoms with E-state index in [1.807, 2.05) is 20.8 Å². The fourth-order valence-corrected chi connectivity index (χ4v) is 4.52. The van der Waals surface area contributed by atoms with Gasteiger partial charge in [0.05, 0.1) is 6.61 Å². The van der Waals surface area contributed by atoms with Gasteiger partial charge in [-0.05, 0) is 75.4 Å². The molecule has 0 aliphatic carbocycles. The smallest absolute Gasteiger partial charge is 0.225 e. The number of fused-ring (bicyclic) bond motifs is 1. The molecule has 166 valence electrons. The summed E-state index contributed by atoms with van der Waals surface area (Å²) in [4.78, 5) is 8.17. The monoisotopic (exact) mass is 462 g/mol. The van der Waals surface area contributed by atoms with Gasteiger partial charge in [-0.3, -0.25) is 0 Å². The third-order valence-corrected chi connectivity index (χ3v) is 5.86. The summed E-state index contributed by atoms with van der Waals surface area (Å²) in [6, 6.07) is 6.31. The minimum absolute atomic E-state index is 0.134. The lowest BCUT2D eigenvalue weighted by atomic mass is 9.94. The van der Waals surface area contributed by atoms with E-state index in [-0.39, 0.29) is 10.9 Å². The first-order valence-electron chi connectivity index (χ1n) is 10.7. The lowest BCUT2D eigenvalue weighted by molar-refractivity contribution is 0.149. The summed E-state index contributed by atoms with van der Waals surface area (Å²) in [6.07, 6.45) is 8.49.